The first-order valence-electron chi connectivity index (χ1n) is 8.57. The predicted octanol–water partition coefficient (Wildman–Crippen LogP) is 3.30. The Balaban J connectivity index is 1.47. The summed E-state index contributed by atoms with van der Waals surface area (Å²) < 4.78 is 13.2. The monoisotopic (exact) mass is 377 g/mol. The van der Waals surface area contributed by atoms with Crippen molar-refractivity contribution in [2.24, 2.45) is 0 Å². The summed E-state index contributed by atoms with van der Waals surface area (Å²) >= 11 is 5.80. The van der Waals surface area contributed by atoms with Gasteiger partial charge in [0.25, 0.3) is 0 Å². The average molecular weight is 378 g/mol. The molecule has 1 saturated heterocycles. The smallest absolute Gasteiger partial charge is 0.315 e. The molecule has 1 aliphatic rings. The highest BCUT2D eigenvalue weighted by Crippen LogP contribution is 2.21. The van der Waals surface area contributed by atoms with Crippen LogP contribution in [-0.2, 0) is 0 Å². The predicted molar refractivity (Wildman–Crippen MR) is 98.8 cm³/mol. The van der Waals surface area contributed by atoms with Crippen LogP contribution in [-0.4, -0.2) is 35.1 Å². The van der Waals surface area contributed by atoms with Crippen LogP contribution in [0.2, 0.25) is 5.02 Å². The molecule has 0 aliphatic carbocycles. The Kier molecular flexibility index (Phi) is 5.88. The summed E-state index contributed by atoms with van der Waals surface area (Å²) in [6.07, 6.45) is 5.09. The number of piperidine rings is 1. The molecule has 2 N–H and O–H groups in total. The van der Waals surface area contributed by atoms with Crippen molar-refractivity contribution in [2.45, 2.75) is 31.8 Å². The van der Waals surface area contributed by atoms with Gasteiger partial charge in [0, 0.05) is 31.5 Å². The molecule has 2 amide bonds. The number of aromatic nitrogens is 2. The fourth-order valence-electron chi connectivity index (χ4n) is 2.97. The number of anilines is 1. The molecule has 6 nitrogen and oxygen atoms in total. The molecular weight excluding hydrogens is 357 g/mol. The zero-order valence-electron chi connectivity index (χ0n) is 14.5. The summed E-state index contributed by atoms with van der Waals surface area (Å²) in [6, 6.07) is 5.81. The molecule has 138 valence electrons. The van der Waals surface area contributed by atoms with Crippen molar-refractivity contribution in [1.82, 2.24) is 20.6 Å². The van der Waals surface area contributed by atoms with Crippen LogP contribution < -0.4 is 15.5 Å². The number of hydrogen-bond donors (Lipinski definition) is 2. The number of benzene rings is 1. The van der Waals surface area contributed by atoms with Crippen molar-refractivity contribution in [3.63, 3.8) is 0 Å². The number of carbonyl (C=O) groups excluding carboxylic acids is 1. The number of amides is 2. The third-order valence-corrected chi connectivity index (χ3v) is 4.75. The Morgan fingerprint density at radius 3 is 2.65 bits per heavy atom. The summed E-state index contributed by atoms with van der Waals surface area (Å²) in [4.78, 5) is 22.8. The molecule has 2 heterocycles. The molecule has 1 atom stereocenters. The molecular formula is C18H21ClFN5O. The van der Waals surface area contributed by atoms with Gasteiger partial charge in [-0.15, -0.1) is 0 Å². The summed E-state index contributed by atoms with van der Waals surface area (Å²) in [5.41, 5.74) is 0.752. The fourth-order valence-corrected chi connectivity index (χ4v) is 3.16. The van der Waals surface area contributed by atoms with Gasteiger partial charge in [0.05, 0.1) is 11.1 Å². The van der Waals surface area contributed by atoms with Gasteiger partial charge >= 0.3 is 6.03 Å². The second-order valence-corrected chi connectivity index (χ2v) is 6.73. The van der Waals surface area contributed by atoms with Crippen LogP contribution in [0.5, 0.6) is 0 Å². The zero-order chi connectivity index (χ0) is 18.5. The van der Waals surface area contributed by atoms with Crippen LogP contribution in [0.15, 0.2) is 36.7 Å². The van der Waals surface area contributed by atoms with E-state index in [1.165, 1.54) is 12.1 Å². The highest BCUT2D eigenvalue weighted by molar-refractivity contribution is 6.30. The Morgan fingerprint density at radius 1 is 1.31 bits per heavy atom. The van der Waals surface area contributed by atoms with E-state index < -0.39 is 5.82 Å². The normalized spacial score (nSPS) is 16.2. The van der Waals surface area contributed by atoms with E-state index in [4.69, 9.17) is 11.6 Å². The van der Waals surface area contributed by atoms with Crippen molar-refractivity contribution in [1.29, 1.82) is 0 Å². The van der Waals surface area contributed by atoms with Gasteiger partial charge in [-0.25, -0.2) is 19.2 Å². The molecule has 2 aromatic rings. The van der Waals surface area contributed by atoms with Gasteiger partial charge in [0.1, 0.15) is 5.82 Å². The van der Waals surface area contributed by atoms with Gasteiger partial charge in [-0.05, 0) is 43.5 Å². The first kappa shape index (κ1) is 18.4. The maximum absolute atomic E-state index is 13.2. The maximum atomic E-state index is 13.2. The number of nitrogens with one attached hydrogen (secondary N) is 2. The first-order valence-corrected chi connectivity index (χ1v) is 8.94. The Morgan fingerprint density at radius 2 is 2.00 bits per heavy atom. The highest BCUT2D eigenvalue weighted by atomic mass is 35.5. The molecule has 0 bridgehead atoms. The van der Waals surface area contributed by atoms with Crippen LogP contribution in [0, 0.1) is 5.82 Å². The van der Waals surface area contributed by atoms with Gasteiger partial charge in [-0.1, -0.05) is 17.7 Å². The van der Waals surface area contributed by atoms with Crippen molar-refractivity contribution < 1.29 is 9.18 Å². The lowest BCUT2D eigenvalue weighted by Crippen LogP contribution is -2.48. The van der Waals surface area contributed by atoms with Gasteiger partial charge in [0.15, 0.2) is 0 Å². The molecule has 1 fully saturated rings. The van der Waals surface area contributed by atoms with Crippen LogP contribution in [0.25, 0.3) is 0 Å². The van der Waals surface area contributed by atoms with Crippen molar-refractivity contribution in [3.05, 3.63) is 53.1 Å². The molecule has 0 radical (unpaired) electrons. The van der Waals surface area contributed by atoms with Crippen LogP contribution >= 0.6 is 11.6 Å². The minimum atomic E-state index is -0.471. The number of carbonyl (C=O) groups is 1. The third kappa shape index (κ3) is 4.60. The molecule has 1 aliphatic heterocycles. The molecule has 0 spiro atoms. The number of halogens is 2. The minimum absolute atomic E-state index is 0.0482. The second-order valence-electron chi connectivity index (χ2n) is 6.32. The number of rotatable bonds is 4. The molecule has 1 aromatic heterocycles. The van der Waals surface area contributed by atoms with Crippen molar-refractivity contribution >= 4 is 23.6 Å². The second kappa shape index (κ2) is 8.31. The van der Waals surface area contributed by atoms with E-state index in [9.17, 15) is 9.18 Å². The van der Waals surface area contributed by atoms with E-state index >= 15 is 0 Å². The van der Waals surface area contributed by atoms with E-state index in [1.807, 2.05) is 6.92 Å². The largest absolute Gasteiger partial charge is 0.341 e. The van der Waals surface area contributed by atoms with E-state index in [-0.39, 0.29) is 23.1 Å². The Labute approximate surface area is 156 Å². The SMILES string of the molecule is C[C@@H](NC(=O)NC1CCN(c2ncccn2)CC1)c1ccc(F)c(Cl)c1. The molecule has 8 heteroatoms. The van der Waals surface area contributed by atoms with Crippen LogP contribution in [0.3, 0.4) is 0 Å². The number of nitrogens with zero attached hydrogens (tertiary/aromatic N) is 3. The lowest BCUT2D eigenvalue weighted by atomic mass is 10.1. The van der Waals surface area contributed by atoms with E-state index in [1.54, 1.807) is 24.5 Å². The number of urea groups is 1. The zero-order valence-corrected chi connectivity index (χ0v) is 15.2. The van der Waals surface area contributed by atoms with E-state index in [0.717, 1.165) is 37.4 Å². The van der Waals surface area contributed by atoms with Gasteiger partial charge in [0.2, 0.25) is 5.95 Å². The summed E-state index contributed by atoms with van der Waals surface area (Å²) in [6.45, 7) is 3.41. The molecule has 1 aromatic carbocycles. The van der Waals surface area contributed by atoms with E-state index in [2.05, 4.69) is 25.5 Å². The van der Waals surface area contributed by atoms with Crippen LogP contribution in [0.4, 0.5) is 15.1 Å². The Bertz CT molecular complexity index is 753. The quantitative estimate of drug-likeness (QED) is 0.857. The lowest BCUT2D eigenvalue weighted by molar-refractivity contribution is 0.231. The fraction of sp³-hybridized carbons (Fsp3) is 0.389. The maximum Gasteiger partial charge on any atom is 0.315 e. The standard InChI is InChI=1S/C18H21ClFN5O/c1-12(13-3-4-16(20)15(19)11-13)23-18(26)24-14-5-9-25(10-6-14)17-21-7-2-8-22-17/h2-4,7-8,11-12,14H,5-6,9-10H2,1H3,(H2,23,24,26)/t12-/m1/s1. The Hall–Kier alpha value is -2.41. The number of hydrogen-bond acceptors (Lipinski definition) is 4. The van der Waals surface area contributed by atoms with Gasteiger partial charge in [-0.2, -0.15) is 0 Å². The summed E-state index contributed by atoms with van der Waals surface area (Å²) in [5, 5.41) is 5.90. The third-order valence-electron chi connectivity index (χ3n) is 4.46. The van der Waals surface area contributed by atoms with Gasteiger partial charge in [-0.3, -0.25) is 0 Å². The first-order chi connectivity index (χ1) is 12.5. The molecule has 0 unspecified atom stereocenters. The highest BCUT2D eigenvalue weighted by Gasteiger charge is 2.22. The lowest BCUT2D eigenvalue weighted by Gasteiger charge is -2.32. The van der Waals surface area contributed by atoms with E-state index in [0.29, 0.717) is 0 Å². The summed E-state index contributed by atoms with van der Waals surface area (Å²) in [7, 11) is 0. The summed E-state index contributed by atoms with van der Waals surface area (Å²) in [5.74, 6) is 0.249. The molecule has 3 rings (SSSR count). The van der Waals surface area contributed by atoms with Crippen molar-refractivity contribution in [3.8, 4) is 0 Å². The van der Waals surface area contributed by atoms with Gasteiger partial charge < -0.3 is 15.5 Å². The minimum Gasteiger partial charge on any atom is -0.341 e. The average Bonchev–Trinajstić information content (AvgIpc) is 2.65. The molecule has 26 heavy (non-hydrogen) atoms. The van der Waals surface area contributed by atoms with Crippen molar-refractivity contribution in [2.75, 3.05) is 18.0 Å². The topological polar surface area (TPSA) is 70.2 Å². The van der Waals surface area contributed by atoms with Crippen LogP contribution in [0.1, 0.15) is 31.4 Å². The molecule has 0 saturated carbocycles.